The number of hydrogen-bond acceptors (Lipinski definition) is 3. The van der Waals surface area contributed by atoms with Crippen LogP contribution < -0.4 is 11.2 Å². The lowest BCUT2D eigenvalue weighted by atomic mass is 10.1. The van der Waals surface area contributed by atoms with Crippen LogP contribution in [-0.2, 0) is 30.8 Å². The van der Waals surface area contributed by atoms with Crippen LogP contribution in [-0.4, -0.2) is 26.0 Å². The van der Waals surface area contributed by atoms with E-state index in [0.717, 1.165) is 35.0 Å². The maximum atomic E-state index is 13.1. The highest BCUT2D eigenvalue weighted by Crippen LogP contribution is 2.28. The lowest BCUT2D eigenvalue weighted by Gasteiger charge is -2.23. The van der Waals surface area contributed by atoms with Crippen LogP contribution in [0.5, 0.6) is 0 Å². The van der Waals surface area contributed by atoms with Crippen LogP contribution in [0.4, 0.5) is 0 Å². The normalized spacial score (nSPS) is 13.2. The van der Waals surface area contributed by atoms with Crippen LogP contribution >= 0.6 is 0 Å². The molecule has 0 bridgehead atoms. The lowest BCUT2D eigenvalue weighted by molar-refractivity contribution is -0.133. The quantitative estimate of drug-likeness (QED) is 0.566. The Morgan fingerprint density at radius 2 is 1.61 bits per heavy atom. The summed E-state index contributed by atoms with van der Waals surface area (Å²) >= 11 is 0. The van der Waals surface area contributed by atoms with E-state index < -0.39 is 11.2 Å². The van der Waals surface area contributed by atoms with Gasteiger partial charge in [0.2, 0.25) is 5.91 Å². The summed E-state index contributed by atoms with van der Waals surface area (Å²) in [5.41, 5.74) is 2.34. The zero-order valence-electron chi connectivity index (χ0n) is 17.7. The van der Waals surface area contributed by atoms with Gasteiger partial charge < -0.3 is 4.90 Å². The molecule has 6 heteroatoms. The molecule has 4 rings (SSSR count). The molecule has 1 saturated carbocycles. The van der Waals surface area contributed by atoms with E-state index in [4.69, 9.17) is 0 Å². The van der Waals surface area contributed by atoms with Crippen molar-refractivity contribution in [2.75, 3.05) is 0 Å². The average molecular weight is 418 g/mol. The van der Waals surface area contributed by atoms with Gasteiger partial charge in [-0.15, -0.1) is 0 Å². The number of aromatic nitrogens is 2. The maximum absolute atomic E-state index is 13.1. The van der Waals surface area contributed by atoms with Gasteiger partial charge in [-0.05, 0) is 36.0 Å². The van der Waals surface area contributed by atoms with E-state index in [9.17, 15) is 14.4 Å². The van der Waals surface area contributed by atoms with Crippen molar-refractivity contribution in [1.82, 2.24) is 14.0 Å². The van der Waals surface area contributed by atoms with Gasteiger partial charge in [0.15, 0.2) is 0 Å². The minimum Gasteiger partial charge on any atom is -0.334 e. The standard InChI is InChI=1S/C25H27N3O3/c1-2-19-8-10-21(11-9-19)17-27(22-12-13-22)24(30)18-28-23(29)14-15-26(25(28)31)16-20-6-4-3-5-7-20/h3-11,14-15,22H,2,12-13,16-18H2,1H3. The molecule has 31 heavy (non-hydrogen) atoms. The molecule has 0 saturated heterocycles. The number of amides is 1. The fourth-order valence-corrected chi connectivity index (χ4v) is 3.71. The zero-order chi connectivity index (χ0) is 21.8. The molecular weight excluding hydrogens is 390 g/mol. The van der Waals surface area contributed by atoms with Crippen LogP contribution in [0.2, 0.25) is 0 Å². The van der Waals surface area contributed by atoms with E-state index in [-0.39, 0.29) is 18.5 Å². The van der Waals surface area contributed by atoms with E-state index >= 15 is 0 Å². The smallest absolute Gasteiger partial charge is 0.331 e. The van der Waals surface area contributed by atoms with E-state index in [1.807, 2.05) is 42.5 Å². The molecule has 1 aliphatic rings. The summed E-state index contributed by atoms with van der Waals surface area (Å²) in [6, 6.07) is 19.3. The summed E-state index contributed by atoms with van der Waals surface area (Å²) in [4.78, 5) is 40.2. The molecule has 1 fully saturated rings. The van der Waals surface area contributed by atoms with Gasteiger partial charge >= 0.3 is 5.69 Å². The second-order valence-corrected chi connectivity index (χ2v) is 8.06. The van der Waals surface area contributed by atoms with Crippen molar-refractivity contribution in [3.8, 4) is 0 Å². The summed E-state index contributed by atoms with van der Waals surface area (Å²) in [7, 11) is 0. The summed E-state index contributed by atoms with van der Waals surface area (Å²) in [5.74, 6) is -0.196. The molecule has 0 unspecified atom stereocenters. The predicted octanol–water partition coefficient (Wildman–Crippen LogP) is 2.81. The van der Waals surface area contributed by atoms with Crippen molar-refractivity contribution < 1.29 is 4.79 Å². The van der Waals surface area contributed by atoms with Crippen LogP contribution in [0, 0.1) is 0 Å². The number of aryl methyl sites for hydroxylation is 1. The topological polar surface area (TPSA) is 64.3 Å². The van der Waals surface area contributed by atoms with Crippen molar-refractivity contribution in [3.63, 3.8) is 0 Å². The predicted molar refractivity (Wildman–Crippen MR) is 120 cm³/mol. The highest BCUT2D eigenvalue weighted by atomic mass is 16.2. The molecule has 6 nitrogen and oxygen atoms in total. The molecular formula is C25H27N3O3. The highest BCUT2D eigenvalue weighted by molar-refractivity contribution is 5.76. The number of nitrogens with zero attached hydrogens (tertiary/aromatic N) is 3. The monoisotopic (exact) mass is 417 g/mol. The highest BCUT2D eigenvalue weighted by Gasteiger charge is 2.32. The first-order valence-electron chi connectivity index (χ1n) is 10.8. The van der Waals surface area contributed by atoms with Gasteiger partial charge in [0.05, 0.1) is 6.54 Å². The Kier molecular flexibility index (Phi) is 6.16. The third-order valence-corrected chi connectivity index (χ3v) is 5.72. The summed E-state index contributed by atoms with van der Waals surface area (Å²) in [6.07, 6.45) is 4.38. The van der Waals surface area contributed by atoms with Gasteiger partial charge in [-0.3, -0.25) is 18.7 Å². The van der Waals surface area contributed by atoms with E-state index in [1.165, 1.54) is 22.4 Å². The Balaban J connectivity index is 1.53. The molecule has 0 aliphatic heterocycles. The molecule has 3 aromatic rings. The van der Waals surface area contributed by atoms with Crippen molar-refractivity contribution in [2.45, 2.75) is 51.9 Å². The summed E-state index contributed by atoms with van der Waals surface area (Å²) in [5, 5.41) is 0. The third-order valence-electron chi connectivity index (χ3n) is 5.72. The first-order valence-corrected chi connectivity index (χ1v) is 10.8. The fraction of sp³-hybridized carbons (Fsp3) is 0.320. The number of benzene rings is 2. The zero-order valence-corrected chi connectivity index (χ0v) is 17.7. The molecule has 0 N–H and O–H groups in total. The van der Waals surface area contributed by atoms with E-state index in [0.29, 0.717) is 13.1 Å². The van der Waals surface area contributed by atoms with Crippen molar-refractivity contribution in [3.05, 3.63) is 104 Å². The van der Waals surface area contributed by atoms with Gasteiger partial charge in [0, 0.05) is 24.8 Å². The Morgan fingerprint density at radius 1 is 0.935 bits per heavy atom. The maximum Gasteiger partial charge on any atom is 0.331 e. The average Bonchev–Trinajstić information content (AvgIpc) is 3.63. The van der Waals surface area contributed by atoms with Crippen molar-refractivity contribution in [1.29, 1.82) is 0 Å². The van der Waals surface area contributed by atoms with Crippen LogP contribution in [0.1, 0.15) is 36.5 Å². The Bertz CT molecular complexity index is 1160. The molecule has 2 aromatic carbocycles. The van der Waals surface area contributed by atoms with Crippen molar-refractivity contribution in [2.24, 2.45) is 0 Å². The molecule has 0 radical (unpaired) electrons. The Hall–Kier alpha value is -3.41. The Labute approximate surface area is 181 Å². The Morgan fingerprint density at radius 3 is 2.26 bits per heavy atom. The summed E-state index contributed by atoms with van der Waals surface area (Å²) in [6.45, 7) is 2.71. The first-order chi connectivity index (χ1) is 15.0. The molecule has 1 amide bonds. The van der Waals surface area contributed by atoms with Crippen LogP contribution in [0.25, 0.3) is 0 Å². The van der Waals surface area contributed by atoms with Gasteiger partial charge in [0.25, 0.3) is 5.56 Å². The molecule has 0 atom stereocenters. The molecule has 1 aromatic heterocycles. The van der Waals surface area contributed by atoms with Crippen molar-refractivity contribution >= 4 is 5.91 Å². The first kappa shape index (κ1) is 20.8. The largest absolute Gasteiger partial charge is 0.334 e. The SMILES string of the molecule is CCc1ccc(CN(C(=O)Cn2c(=O)ccn(Cc3ccccc3)c2=O)C2CC2)cc1. The number of hydrogen-bond donors (Lipinski definition) is 0. The van der Waals surface area contributed by atoms with Gasteiger partial charge in [0.1, 0.15) is 6.54 Å². The molecule has 0 spiro atoms. The number of carbonyl (C=O) groups excluding carboxylic acids is 1. The van der Waals surface area contributed by atoms with Crippen LogP contribution in [0.3, 0.4) is 0 Å². The lowest BCUT2D eigenvalue weighted by Crippen LogP contribution is -2.44. The number of carbonyl (C=O) groups is 1. The van der Waals surface area contributed by atoms with E-state index in [2.05, 4.69) is 19.1 Å². The minimum atomic E-state index is -0.465. The van der Waals surface area contributed by atoms with E-state index in [1.54, 1.807) is 4.90 Å². The van der Waals surface area contributed by atoms with Gasteiger partial charge in [-0.1, -0.05) is 61.5 Å². The summed E-state index contributed by atoms with van der Waals surface area (Å²) < 4.78 is 2.51. The fourth-order valence-electron chi connectivity index (χ4n) is 3.71. The minimum absolute atomic E-state index is 0.185. The second kappa shape index (κ2) is 9.16. The van der Waals surface area contributed by atoms with Gasteiger partial charge in [-0.25, -0.2) is 4.79 Å². The van der Waals surface area contributed by atoms with Crippen LogP contribution in [0.15, 0.2) is 76.4 Å². The molecule has 1 heterocycles. The molecule has 1 aliphatic carbocycles. The van der Waals surface area contributed by atoms with Gasteiger partial charge in [-0.2, -0.15) is 0 Å². The molecule has 160 valence electrons. The number of rotatable bonds is 8. The second-order valence-electron chi connectivity index (χ2n) is 8.06. The third kappa shape index (κ3) is 5.02.